The van der Waals surface area contributed by atoms with Crippen molar-refractivity contribution >= 4 is 17.5 Å². The number of hydrogen-bond donors (Lipinski definition) is 2. The van der Waals surface area contributed by atoms with Gasteiger partial charge in [-0.2, -0.15) is 0 Å². The van der Waals surface area contributed by atoms with E-state index in [9.17, 15) is 9.18 Å². The minimum Gasteiger partial charge on any atom is -0.494 e. The van der Waals surface area contributed by atoms with Gasteiger partial charge < -0.3 is 29.7 Å². The molecule has 0 bridgehead atoms. The Morgan fingerprint density at radius 3 is 2.42 bits per heavy atom. The summed E-state index contributed by atoms with van der Waals surface area (Å²) >= 11 is 0. The number of ether oxygens (including phenoxy) is 3. The molecule has 40 heavy (non-hydrogen) atoms. The first-order valence-electron chi connectivity index (χ1n) is 13.3. The molecule has 3 aromatic rings. The van der Waals surface area contributed by atoms with Gasteiger partial charge in [0.25, 0.3) is 5.91 Å². The quantitative estimate of drug-likeness (QED) is 0.331. The highest BCUT2D eigenvalue weighted by atomic mass is 19.1. The maximum atomic E-state index is 14.7. The lowest BCUT2D eigenvalue weighted by atomic mass is 10.1. The van der Waals surface area contributed by atoms with Crippen molar-refractivity contribution in [1.29, 1.82) is 0 Å². The molecule has 0 atom stereocenters. The first-order valence-corrected chi connectivity index (χ1v) is 13.3. The van der Waals surface area contributed by atoms with Crippen LogP contribution in [0.5, 0.6) is 11.5 Å². The van der Waals surface area contributed by atoms with Crippen LogP contribution < -0.4 is 20.1 Å². The van der Waals surface area contributed by atoms with Gasteiger partial charge in [0.15, 0.2) is 17.3 Å². The van der Waals surface area contributed by atoms with Gasteiger partial charge in [-0.15, -0.1) is 0 Å². The third-order valence-corrected chi connectivity index (χ3v) is 6.82. The summed E-state index contributed by atoms with van der Waals surface area (Å²) in [5, 5.41) is 5.75. The number of hydrogen-bond acceptors (Lipinski definition) is 9. The maximum absolute atomic E-state index is 14.7. The van der Waals surface area contributed by atoms with Gasteiger partial charge in [-0.3, -0.25) is 9.69 Å². The average molecular weight is 553 g/mol. The molecule has 1 amide bonds. The van der Waals surface area contributed by atoms with Crippen molar-refractivity contribution in [3.63, 3.8) is 0 Å². The smallest absolute Gasteiger partial charge is 0.251 e. The predicted octanol–water partition coefficient (Wildman–Crippen LogP) is 3.11. The molecule has 0 radical (unpaired) electrons. The largest absolute Gasteiger partial charge is 0.494 e. The molecule has 1 saturated heterocycles. The third-order valence-electron chi connectivity index (χ3n) is 6.82. The molecule has 0 unspecified atom stereocenters. The summed E-state index contributed by atoms with van der Waals surface area (Å²) in [5.41, 5.74) is 2.60. The molecule has 0 spiro atoms. The number of nitrogens with zero attached hydrogens (tertiary/aromatic N) is 4. The number of carbonyl (C=O) groups is 1. The van der Waals surface area contributed by atoms with E-state index in [1.165, 1.54) is 44.2 Å². The zero-order valence-corrected chi connectivity index (χ0v) is 23.3. The summed E-state index contributed by atoms with van der Waals surface area (Å²) in [6.07, 6.45) is 4.00. The molecular formula is C29H37FN6O4. The monoisotopic (exact) mass is 552 g/mol. The summed E-state index contributed by atoms with van der Waals surface area (Å²) < 4.78 is 30.6. The summed E-state index contributed by atoms with van der Waals surface area (Å²) in [5.74, 6) is -0.174. The van der Waals surface area contributed by atoms with Gasteiger partial charge in [0, 0.05) is 70.2 Å². The van der Waals surface area contributed by atoms with Gasteiger partial charge in [0.2, 0.25) is 5.95 Å². The molecule has 0 saturated carbocycles. The first-order chi connectivity index (χ1) is 19.5. The summed E-state index contributed by atoms with van der Waals surface area (Å²) in [4.78, 5) is 25.6. The molecule has 2 heterocycles. The Kier molecular flexibility index (Phi) is 10.6. The van der Waals surface area contributed by atoms with E-state index in [0.717, 1.165) is 58.0 Å². The van der Waals surface area contributed by atoms with Crippen LogP contribution in [-0.4, -0.2) is 92.8 Å². The van der Waals surface area contributed by atoms with Crippen LogP contribution in [0.4, 0.5) is 16.0 Å². The molecule has 4 rings (SSSR count). The molecular weight excluding hydrogens is 515 g/mol. The number of amides is 1. The van der Waals surface area contributed by atoms with E-state index >= 15 is 0 Å². The molecule has 2 N–H and O–H groups in total. The molecule has 1 aliphatic heterocycles. The first kappa shape index (κ1) is 29.2. The maximum Gasteiger partial charge on any atom is 0.251 e. The van der Waals surface area contributed by atoms with E-state index in [-0.39, 0.29) is 29.4 Å². The Morgan fingerprint density at radius 2 is 1.75 bits per heavy atom. The van der Waals surface area contributed by atoms with Crippen LogP contribution in [0.15, 0.2) is 48.8 Å². The summed E-state index contributed by atoms with van der Waals surface area (Å²) in [7, 11) is 4.60. The Hall–Kier alpha value is -3.80. The second-order valence-corrected chi connectivity index (χ2v) is 9.51. The number of rotatable bonds is 13. The topological polar surface area (TPSA) is 101 Å². The highest BCUT2D eigenvalue weighted by Crippen LogP contribution is 2.25. The number of aromatic nitrogens is 2. The van der Waals surface area contributed by atoms with Crippen LogP contribution in [0, 0.1) is 5.82 Å². The van der Waals surface area contributed by atoms with E-state index < -0.39 is 5.82 Å². The summed E-state index contributed by atoms with van der Waals surface area (Å²) in [6, 6.07) is 11.0. The van der Waals surface area contributed by atoms with Gasteiger partial charge in [0.05, 0.1) is 26.1 Å². The second kappa shape index (κ2) is 14.5. The van der Waals surface area contributed by atoms with Gasteiger partial charge in [-0.1, -0.05) is 12.1 Å². The fourth-order valence-electron chi connectivity index (χ4n) is 4.48. The van der Waals surface area contributed by atoms with Crippen molar-refractivity contribution in [2.24, 2.45) is 0 Å². The fourth-order valence-corrected chi connectivity index (χ4v) is 4.48. The predicted molar refractivity (Wildman–Crippen MR) is 151 cm³/mol. The van der Waals surface area contributed by atoms with Gasteiger partial charge in [-0.05, 0) is 36.2 Å². The lowest BCUT2D eigenvalue weighted by molar-refractivity contribution is 0.0962. The number of piperazine rings is 1. The highest BCUT2D eigenvalue weighted by Gasteiger charge is 2.17. The number of benzene rings is 2. The lowest BCUT2D eigenvalue weighted by Gasteiger charge is -2.34. The van der Waals surface area contributed by atoms with Crippen molar-refractivity contribution in [2.75, 3.05) is 72.5 Å². The Labute approximate surface area is 234 Å². The van der Waals surface area contributed by atoms with Crippen LogP contribution >= 0.6 is 0 Å². The van der Waals surface area contributed by atoms with E-state index in [4.69, 9.17) is 14.2 Å². The van der Waals surface area contributed by atoms with E-state index in [1.54, 1.807) is 7.11 Å². The third kappa shape index (κ3) is 8.10. The molecule has 10 nitrogen and oxygen atoms in total. The van der Waals surface area contributed by atoms with E-state index in [1.807, 2.05) is 12.1 Å². The average Bonchev–Trinajstić information content (AvgIpc) is 2.99. The van der Waals surface area contributed by atoms with Gasteiger partial charge in [0.1, 0.15) is 6.61 Å². The molecule has 11 heteroatoms. The van der Waals surface area contributed by atoms with Crippen molar-refractivity contribution in [3.8, 4) is 11.5 Å². The fraction of sp³-hybridized carbons (Fsp3) is 0.414. The Balaban J connectivity index is 1.28. The van der Waals surface area contributed by atoms with Crippen LogP contribution in [-0.2, 0) is 17.8 Å². The van der Waals surface area contributed by atoms with Gasteiger partial charge >= 0.3 is 0 Å². The van der Waals surface area contributed by atoms with Crippen LogP contribution in [0.2, 0.25) is 0 Å². The number of methoxy groups -OCH3 is 2. The SMILES string of the molecule is CNC(=O)c1cc(COc2cnc(Nc3cccc(CCN4CCN(CCOC)CC4)c3)nc2)c(F)c(OC)c1. The standard InChI is InChI=1S/C29H37FN6O4/c1-31-28(37)22-16-23(27(30)26(17-22)39-3)20-40-25-18-32-29(33-19-25)34-24-6-4-5-21(15-24)7-8-35-9-11-36(12-10-35)13-14-38-2/h4-6,15-19H,7-14,20H2,1-3H3,(H,31,37)(H,32,33,34). The van der Waals surface area contributed by atoms with Crippen molar-refractivity contribution in [1.82, 2.24) is 25.1 Å². The zero-order valence-electron chi connectivity index (χ0n) is 23.3. The number of halogens is 1. The van der Waals surface area contributed by atoms with Crippen LogP contribution in [0.1, 0.15) is 21.5 Å². The molecule has 214 valence electrons. The molecule has 1 aliphatic rings. The number of nitrogens with one attached hydrogen (secondary N) is 2. The van der Waals surface area contributed by atoms with Crippen LogP contribution in [0.3, 0.4) is 0 Å². The Bertz CT molecular complexity index is 1250. The lowest BCUT2D eigenvalue weighted by Crippen LogP contribution is -2.47. The number of anilines is 2. The van der Waals surface area contributed by atoms with Crippen molar-refractivity contribution in [3.05, 3.63) is 71.3 Å². The van der Waals surface area contributed by atoms with E-state index in [2.05, 4.69) is 42.5 Å². The molecule has 0 aliphatic carbocycles. The van der Waals surface area contributed by atoms with Crippen molar-refractivity contribution in [2.45, 2.75) is 13.0 Å². The highest BCUT2D eigenvalue weighted by molar-refractivity contribution is 5.94. The molecule has 2 aromatic carbocycles. The Morgan fingerprint density at radius 1 is 1.02 bits per heavy atom. The minimum absolute atomic E-state index is 0.0294. The van der Waals surface area contributed by atoms with Gasteiger partial charge in [-0.25, -0.2) is 14.4 Å². The molecule has 1 aromatic heterocycles. The second-order valence-electron chi connectivity index (χ2n) is 9.51. The normalized spacial score (nSPS) is 14.1. The summed E-state index contributed by atoms with van der Waals surface area (Å²) in [6.45, 7) is 6.97. The van der Waals surface area contributed by atoms with Crippen molar-refractivity contribution < 1.29 is 23.4 Å². The van der Waals surface area contributed by atoms with E-state index in [0.29, 0.717) is 11.7 Å². The minimum atomic E-state index is -0.585. The van der Waals surface area contributed by atoms with Crippen LogP contribution in [0.25, 0.3) is 0 Å². The molecule has 1 fully saturated rings. The number of carbonyl (C=O) groups excluding carboxylic acids is 1. The zero-order chi connectivity index (χ0) is 28.3.